The molecule has 5 rings (SSSR count). The van der Waals surface area contributed by atoms with Crippen LogP contribution in [0.2, 0.25) is 0 Å². The van der Waals surface area contributed by atoms with Crippen molar-refractivity contribution in [2.45, 2.75) is 50.5 Å². The number of ether oxygens (including phenoxy) is 1. The van der Waals surface area contributed by atoms with Crippen molar-refractivity contribution in [1.29, 1.82) is 0 Å². The van der Waals surface area contributed by atoms with E-state index < -0.39 is 54.9 Å². The standard InChI is InChI=1S/C32H33N3O8S2/c1-31(2,3)16-17-32(43-26(36)18-20-10-6-5-7-11-20)23-13-9-8-12-22(23)28(37)27(29(32)38)30-33-24-15-14-21(34-44(4,39)40)19-25(24)45(41,42)35-30/h5-15,19,27,34H,16-18H2,1-4H3,(H,33,35). The van der Waals surface area contributed by atoms with Gasteiger partial charge in [0, 0.05) is 16.8 Å². The number of carbonyl (C=O) groups is 3. The third kappa shape index (κ3) is 6.69. The molecule has 0 radical (unpaired) electrons. The van der Waals surface area contributed by atoms with Crippen LogP contribution in [-0.2, 0) is 46.4 Å². The number of nitrogens with one attached hydrogen (secondary N) is 2. The van der Waals surface area contributed by atoms with Crippen molar-refractivity contribution < 1.29 is 36.0 Å². The van der Waals surface area contributed by atoms with E-state index in [1.165, 1.54) is 18.2 Å². The molecular formula is C32H33N3O8S2. The van der Waals surface area contributed by atoms with E-state index in [-0.39, 0.29) is 45.7 Å². The molecule has 3 aromatic carbocycles. The Morgan fingerprint density at radius 3 is 2.36 bits per heavy atom. The summed E-state index contributed by atoms with van der Waals surface area (Å²) >= 11 is 0. The van der Waals surface area contributed by atoms with Crippen molar-refractivity contribution in [2.24, 2.45) is 15.7 Å². The number of Topliss-reactive ketones (excluding diaryl/α,β-unsaturated/α-hetero) is 2. The van der Waals surface area contributed by atoms with Crippen LogP contribution in [0.4, 0.5) is 11.4 Å². The minimum atomic E-state index is -4.50. The monoisotopic (exact) mass is 651 g/mol. The normalized spacial score (nSPS) is 20.7. The zero-order valence-corrected chi connectivity index (χ0v) is 26.8. The van der Waals surface area contributed by atoms with E-state index in [1.54, 1.807) is 42.5 Å². The number of esters is 1. The summed E-state index contributed by atoms with van der Waals surface area (Å²) in [6.07, 6.45) is 1.25. The fourth-order valence-electron chi connectivity index (χ4n) is 5.48. The molecule has 0 spiro atoms. The molecule has 2 unspecified atom stereocenters. The molecule has 45 heavy (non-hydrogen) atoms. The number of fused-ring (bicyclic) bond motifs is 2. The van der Waals surface area contributed by atoms with Gasteiger partial charge in [0.15, 0.2) is 17.2 Å². The van der Waals surface area contributed by atoms with Crippen molar-refractivity contribution in [3.8, 4) is 0 Å². The Hall–Kier alpha value is -4.36. The number of hydrogen-bond acceptors (Lipinski definition) is 9. The molecule has 1 aliphatic heterocycles. The Morgan fingerprint density at radius 1 is 1.02 bits per heavy atom. The summed E-state index contributed by atoms with van der Waals surface area (Å²) < 4.78 is 62.4. The second-order valence-corrected chi connectivity index (χ2v) is 15.7. The number of hydrogen-bond donors (Lipinski definition) is 2. The average Bonchev–Trinajstić information content (AvgIpc) is 2.94. The number of rotatable bonds is 8. The van der Waals surface area contributed by atoms with Gasteiger partial charge in [-0.3, -0.25) is 19.1 Å². The molecule has 2 aliphatic rings. The number of ketones is 2. The van der Waals surface area contributed by atoms with Gasteiger partial charge in [-0.2, -0.15) is 8.42 Å². The third-order valence-electron chi connectivity index (χ3n) is 7.57. The molecule has 0 fully saturated rings. The highest BCUT2D eigenvalue weighted by atomic mass is 32.2. The lowest BCUT2D eigenvalue weighted by Gasteiger charge is -2.41. The Labute approximate surface area is 262 Å². The number of carbonyl (C=O) groups excluding carboxylic acids is 3. The maximum absolute atomic E-state index is 14.7. The van der Waals surface area contributed by atoms with Crippen LogP contribution < -0.4 is 10.0 Å². The maximum Gasteiger partial charge on any atom is 0.311 e. The predicted molar refractivity (Wildman–Crippen MR) is 169 cm³/mol. The summed E-state index contributed by atoms with van der Waals surface area (Å²) in [6, 6.07) is 19.0. The minimum Gasteiger partial charge on any atom is -0.446 e. The van der Waals surface area contributed by atoms with Crippen LogP contribution in [0.1, 0.15) is 55.1 Å². The SMILES string of the molecule is CC(C)(C)CCC1(OC(=O)Cc2ccccc2)C(=O)C(C2=NS(=O)(=O)c3cc(NS(C)(=O)=O)ccc3N2)C(=O)c2ccccc21. The van der Waals surface area contributed by atoms with Crippen molar-refractivity contribution in [3.05, 3.63) is 89.5 Å². The summed E-state index contributed by atoms with van der Waals surface area (Å²) in [5.74, 6) is -4.36. The first-order chi connectivity index (χ1) is 21.0. The van der Waals surface area contributed by atoms with Crippen LogP contribution >= 0.6 is 0 Å². The number of benzene rings is 3. The lowest BCUT2D eigenvalue weighted by atomic mass is 9.68. The Morgan fingerprint density at radius 2 is 1.69 bits per heavy atom. The van der Waals surface area contributed by atoms with Gasteiger partial charge in [-0.05, 0) is 42.0 Å². The molecule has 0 amide bonds. The largest absolute Gasteiger partial charge is 0.446 e. The van der Waals surface area contributed by atoms with E-state index in [1.807, 2.05) is 26.8 Å². The first kappa shape index (κ1) is 32.0. The van der Waals surface area contributed by atoms with E-state index in [0.717, 1.165) is 12.3 Å². The van der Waals surface area contributed by atoms with Gasteiger partial charge in [0.1, 0.15) is 16.6 Å². The van der Waals surface area contributed by atoms with Crippen LogP contribution in [0.25, 0.3) is 0 Å². The molecule has 13 heteroatoms. The molecule has 1 heterocycles. The first-order valence-electron chi connectivity index (χ1n) is 14.2. The Bertz CT molecular complexity index is 1950. The molecule has 3 aromatic rings. The fraction of sp³-hybridized carbons (Fsp3) is 0.312. The average molecular weight is 652 g/mol. The Kier molecular flexibility index (Phi) is 8.21. The summed E-state index contributed by atoms with van der Waals surface area (Å²) in [5, 5.41) is 2.82. The van der Waals surface area contributed by atoms with Crippen molar-refractivity contribution in [2.75, 3.05) is 16.3 Å². The van der Waals surface area contributed by atoms with Crippen LogP contribution in [0, 0.1) is 11.3 Å². The van der Waals surface area contributed by atoms with E-state index in [9.17, 15) is 31.2 Å². The van der Waals surface area contributed by atoms with E-state index >= 15 is 0 Å². The molecule has 0 saturated heterocycles. The number of nitrogens with zero attached hydrogens (tertiary/aromatic N) is 1. The summed E-state index contributed by atoms with van der Waals surface area (Å²) in [6.45, 7) is 5.91. The van der Waals surface area contributed by atoms with E-state index in [2.05, 4.69) is 14.4 Å². The highest BCUT2D eigenvalue weighted by Gasteiger charge is 2.57. The maximum atomic E-state index is 14.7. The number of amidine groups is 1. The smallest absolute Gasteiger partial charge is 0.311 e. The molecule has 2 N–H and O–H groups in total. The summed E-state index contributed by atoms with van der Waals surface area (Å²) in [5.41, 5.74) is -1.20. The topological polar surface area (TPSA) is 165 Å². The zero-order valence-electron chi connectivity index (χ0n) is 25.2. The summed E-state index contributed by atoms with van der Waals surface area (Å²) in [4.78, 5) is 41.8. The van der Waals surface area contributed by atoms with Gasteiger partial charge in [-0.15, -0.1) is 4.40 Å². The van der Waals surface area contributed by atoms with Gasteiger partial charge in [-0.1, -0.05) is 75.4 Å². The van der Waals surface area contributed by atoms with Crippen LogP contribution in [-0.4, -0.2) is 46.5 Å². The summed E-state index contributed by atoms with van der Waals surface area (Å²) in [7, 11) is -8.20. The quantitative estimate of drug-likeness (QED) is 0.264. The highest BCUT2D eigenvalue weighted by molar-refractivity contribution is 7.92. The molecule has 236 valence electrons. The minimum absolute atomic E-state index is 0.000117. The predicted octanol–water partition coefficient (Wildman–Crippen LogP) is 4.46. The zero-order chi connectivity index (χ0) is 32.8. The van der Waals surface area contributed by atoms with E-state index in [4.69, 9.17) is 4.74 Å². The van der Waals surface area contributed by atoms with Gasteiger partial charge in [-0.25, -0.2) is 8.42 Å². The lowest BCUT2D eigenvalue weighted by molar-refractivity contribution is -0.171. The molecule has 0 bridgehead atoms. The van der Waals surface area contributed by atoms with Crippen LogP contribution in [0.15, 0.2) is 82.1 Å². The number of sulfonamides is 2. The lowest BCUT2D eigenvalue weighted by Crippen LogP contribution is -2.55. The van der Waals surface area contributed by atoms with Crippen molar-refractivity contribution >= 4 is 54.8 Å². The van der Waals surface area contributed by atoms with Crippen molar-refractivity contribution in [3.63, 3.8) is 0 Å². The van der Waals surface area contributed by atoms with Crippen LogP contribution in [0.3, 0.4) is 0 Å². The first-order valence-corrected chi connectivity index (χ1v) is 17.5. The second-order valence-electron chi connectivity index (χ2n) is 12.4. The molecule has 2 atom stereocenters. The van der Waals surface area contributed by atoms with Gasteiger partial charge >= 0.3 is 5.97 Å². The third-order valence-corrected chi connectivity index (χ3v) is 9.51. The van der Waals surface area contributed by atoms with Crippen molar-refractivity contribution in [1.82, 2.24) is 0 Å². The van der Waals surface area contributed by atoms with Gasteiger partial charge in [0.2, 0.25) is 10.0 Å². The molecule has 11 nitrogen and oxygen atoms in total. The van der Waals surface area contributed by atoms with Gasteiger partial charge < -0.3 is 10.1 Å². The fourth-order valence-corrected chi connectivity index (χ4v) is 7.21. The van der Waals surface area contributed by atoms with Gasteiger partial charge in [0.05, 0.1) is 18.4 Å². The molecule has 1 aliphatic carbocycles. The number of anilines is 2. The molecule has 0 aromatic heterocycles. The van der Waals surface area contributed by atoms with Gasteiger partial charge in [0.25, 0.3) is 10.0 Å². The van der Waals surface area contributed by atoms with Crippen LogP contribution in [0.5, 0.6) is 0 Å². The van der Waals surface area contributed by atoms with E-state index in [0.29, 0.717) is 12.0 Å². The highest BCUT2D eigenvalue weighted by Crippen LogP contribution is 2.45. The second kappa shape index (κ2) is 11.5. The molecule has 0 saturated carbocycles. The molecular weight excluding hydrogens is 618 g/mol. The Balaban J connectivity index is 1.61.